The van der Waals surface area contributed by atoms with E-state index in [1.165, 1.54) is 0 Å². The Hall–Kier alpha value is -1.16. The van der Waals surface area contributed by atoms with E-state index in [1.54, 1.807) is 12.1 Å². The van der Waals surface area contributed by atoms with Gasteiger partial charge in [0.1, 0.15) is 17.6 Å². The van der Waals surface area contributed by atoms with Crippen LogP contribution in [0.15, 0.2) is 22.7 Å². The molecular weight excluding hydrogens is 296 g/mol. The van der Waals surface area contributed by atoms with E-state index in [-0.39, 0.29) is 23.6 Å². The van der Waals surface area contributed by atoms with Gasteiger partial charge in [-0.15, -0.1) is 0 Å². The molecule has 1 heterocycles. The molecule has 2 unspecified atom stereocenters. The van der Waals surface area contributed by atoms with E-state index in [0.717, 1.165) is 4.47 Å². The van der Waals surface area contributed by atoms with Crippen LogP contribution in [-0.4, -0.2) is 17.7 Å². The third-order valence-electron chi connectivity index (χ3n) is 3.28. The zero-order valence-electron chi connectivity index (χ0n) is 10.4. The van der Waals surface area contributed by atoms with Crippen molar-refractivity contribution >= 4 is 27.5 Å². The molecule has 1 aromatic carbocycles. The first-order valence-electron chi connectivity index (χ1n) is 6.05. The molecule has 0 N–H and O–H groups in total. The quantitative estimate of drug-likeness (QED) is 0.859. The summed E-state index contributed by atoms with van der Waals surface area (Å²) in [5, 5.41) is 0. The fourth-order valence-electron chi connectivity index (χ4n) is 2.06. The molecule has 0 bridgehead atoms. The molecule has 0 amide bonds. The molecule has 2 atom stereocenters. The Kier molecular flexibility index (Phi) is 3.85. The highest BCUT2D eigenvalue weighted by molar-refractivity contribution is 9.10. The van der Waals surface area contributed by atoms with Crippen molar-refractivity contribution in [3.8, 4) is 5.75 Å². The molecule has 0 aliphatic carbocycles. The molecule has 0 saturated heterocycles. The number of benzene rings is 1. The highest BCUT2D eigenvalue weighted by atomic mass is 79.9. The maximum Gasteiger partial charge on any atom is 0.173 e. The normalized spacial score (nSPS) is 22.3. The van der Waals surface area contributed by atoms with Crippen molar-refractivity contribution in [3.05, 3.63) is 28.2 Å². The number of Topliss-reactive ketones (excluding diaryl/α,β-unsaturated/α-hetero) is 2. The van der Waals surface area contributed by atoms with Crippen LogP contribution in [0.3, 0.4) is 0 Å². The minimum atomic E-state index is -0.335. The highest BCUT2D eigenvalue weighted by Gasteiger charge is 2.34. The Morgan fingerprint density at radius 3 is 2.83 bits per heavy atom. The number of hydrogen-bond donors (Lipinski definition) is 0. The van der Waals surface area contributed by atoms with Gasteiger partial charge in [-0.05, 0) is 18.2 Å². The SMILES string of the molecule is CCC(=O)CC1Oc2ccc(Br)cc2C(=O)C1C. The van der Waals surface area contributed by atoms with Gasteiger partial charge < -0.3 is 4.74 Å². The molecule has 1 aromatic rings. The molecule has 0 fully saturated rings. The smallest absolute Gasteiger partial charge is 0.173 e. The molecule has 0 saturated carbocycles. The number of ether oxygens (including phenoxy) is 1. The lowest BCUT2D eigenvalue weighted by atomic mass is 9.88. The van der Waals surface area contributed by atoms with Gasteiger partial charge in [0.15, 0.2) is 5.78 Å². The van der Waals surface area contributed by atoms with Crippen molar-refractivity contribution < 1.29 is 14.3 Å². The second-order valence-electron chi connectivity index (χ2n) is 4.55. The first-order chi connectivity index (χ1) is 8.52. The zero-order valence-corrected chi connectivity index (χ0v) is 12.0. The van der Waals surface area contributed by atoms with E-state index in [2.05, 4.69) is 15.9 Å². The van der Waals surface area contributed by atoms with Gasteiger partial charge in [0.25, 0.3) is 0 Å². The topological polar surface area (TPSA) is 43.4 Å². The summed E-state index contributed by atoms with van der Waals surface area (Å²) in [6, 6.07) is 5.37. The van der Waals surface area contributed by atoms with Crippen LogP contribution in [0.5, 0.6) is 5.75 Å². The van der Waals surface area contributed by atoms with Gasteiger partial charge in [-0.1, -0.05) is 29.8 Å². The Bertz CT molecular complexity index is 496. The van der Waals surface area contributed by atoms with Crippen molar-refractivity contribution in [3.63, 3.8) is 0 Å². The molecule has 1 aliphatic rings. The average Bonchev–Trinajstić information content (AvgIpc) is 2.36. The minimum absolute atomic E-state index is 0.0476. The Balaban J connectivity index is 2.28. The van der Waals surface area contributed by atoms with Crippen LogP contribution >= 0.6 is 15.9 Å². The molecular formula is C14H15BrO3. The maximum atomic E-state index is 12.2. The summed E-state index contributed by atoms with van der Waals surface area (Å²) in [7, 11) is 0. The molecule has 3 nitrogen and oxygen atoms in total. The second kappa shape index (κ2) is 5.22. The summed E-state index contributed by atoms with van der Waals surface area (Å²) in [5.41, 5.74) is 0.595. The van der Waals surface area contributed by atoms with Crippen LogP contribution in [0, 0.1) is 5.92 Å². The van der Waals surface area contributed by atoms with Gasteiger partial charge >= 0.3 is 0 Å². The number of ketones is 2. The summed E-state index contributed by atoms with van der Waals surface area (Å²) >= 11 is 3.34. The number of carbonyl (C=O) groups excluding carboxylic acids is 2. The third-order valence-corrected chi connectivity index (χ3v) is 3.77. The maximum absolute atomic E-state index is 12.2. The van der Waals surface area contributed by atoms with Gasteiger partial charge in [0, 0.05) is 17.3 Å². The number of halogens is 1. The van der Waals surface area contributed by atoms with Crippen LogP contribution in [0.2, 0.25) is 0 Å². The fraction of sp³-hybridized carbons (Fsp3) is 0.429. The summed E-state index contributed by atoms with van der Waals surface area (Å²) in [6.45, 7) is 3.64. The average molecular weight is 311 g/mol. The Morgan fingerprint density at radius 2 is 2.17 bits per heavy atom. The lowest BCUT2D eigenvalue weighted by Gasteiger charge is -2.30. The van der Waals surface area contributed by atoms with Gasteiger partial charge in [-0.2, -0.15) is 0 Å². The lowest BCUT2D eigenvalue weighted by molar-refractivity contribution is -0.120. The predicted octanol–water partition coefficient (Wildman–Crippen LogP) is 3.40. The molecule has 18 heavy (non-hydrogen) atoms. The molecule has 4 heteroatoms. The van der Waals surface area contributed by atoms with Crippen LogP contribution in [0.1, 0.15) is 37.0 Å². The first-order valence-corrected chi connectivity index (χ1v) is 6.84. The number of rotatable bonds is 3. The van der Waals surface area contributed by atoms with Crippen LogP contribution in [0.25, 0.3) is 0 Å². The largest absolute Gasteiger partial charge is 0.488 e. The van der Waals surface area contributed by atoms with E-state index in [4.69, 9.17) is 4.74 Å². The number of carbonyl (C=O) groups is 2. The molecule has 0 radical (unpaired) electrons. The van der Waals surface area contributed by atoms with E-state index in [1.807, 2.05) is 19.9 Å². The van der Waals surface area contributed by atoms with Crippen LogP contribution in [0.4, 0.5) is 0 Å². The first kappa shape index (κ1) is 13.3. The molecule has 96 valence electrons. The third kappa shape index (κ3) is 2.48. The molecule has 0 aromatic heterocycles. The molecule has 0 spiro atoms. The summed E-state index contributed by atoms with van der Waals surface area (Å²) in [4.78, 5) is 23.7. The second-order valence-corrected chi connectivity index (χ2v) is 5.46. The molecule has 1 aliphatic heterocycles. The van der Waals surface area contributed by atoms with Crippen molar-refractivity contribution in [2.45, 2.75) is 32.8 Å². The number of fused-ring (bicyclic) bond motifs is 1. The zero-order chi connectivity index (χ0) is 13.3. The Labute approximate surface area is 115 Å². The molecule has 2 rings (SSSR count). The van der Waals surface area contributed by atoms with Crippen molar-refractivity contribution in [2.75, 3.05) is 0 Å². The standard InChI is InChI=1S/C14H15BrO3/c1-3-10(16)7-13-8(2)14(17)11-6-9(15)4-5-12(11)18-13/h4-6,8,13H,3,7H2,1-2H3. The highest BCUT2D eigenvalue weighted by Crippen LogP contribution is 2.34. The van der Waals surface area contributed by atoms with E-state index >= 15 is 0 Å². The monoisotopic (exact) mass is 310 g/mol. The van der Waals surface area contributed by atoms with Crippen molar-refractivity contribution in [2.24, 2.45) is 5.92 Å². The van der Waals surface area contributed by atoms with Gasteiger partial charge in [0.2, 0.25) is 0 Å². The van der Waals surface area contributed by atoms with E-state index in [9.17, 15) is 9.59 Å². The van der Waals surface area contributed by atoms with Crippen molar-refractivity contribution in [1.29, 1.82) is 0 Å². The van der Waals surface area contributed by atoms with E-state index in [0.29, 0.717) is 24.2 Å². The van der Waals surface area contributed by atoms with Gasteiger partial charge in [0.05, 0.1) is 11.5 Å². The summed E-state index contributed by atoms with van der Waals surface area (Å²) in [6.07, 6.45) is 0.450. The van der Waals surface area contributed by atoms with Gasteiger partial charge in [-0.25, -0.2) is 0 Å². The number of hydrogen-bond acceptors (Lipinski definition) is 3. The van der Waals surface area contributed by atoms with E-state index < -0.39 is 0 Å². The van der Waals surface area contributed by atoms with Crippen LogP contribution < -0.4 is 4.74 Å². The van der Waals surface area contributed by atoms with Gasteiger partial charge in [-0.3, -0.25) is 9.59 Å². The lowest BCUT2D eigenvalue weighted by Crippen LogP contribution is -2.37. The van der Waals surface area contributed by atoms with Crippen molar-refractivity contribution in [1.82, 2.24) is 0 Å². The Morgan fingerprint density at radius 1 is 1.44 bits per heavy atom. The van der Waals surface area contributed by atoms with Crippen LogP contribution in [-0.2, 0) is 4.79 Å². The minimum Gasteiger partial charge on any atom is -0.488 e. The summed E-state index contributed by atoms with van der Waals surface area (Å²) < 4.78 is 6.63. The predicted molar refractivity (Wildman–Crippen MR) is 72.0 cm³/mol. The summed E-state index contributed by atoms with van der Waals surface area (Å²) in [5.74, 6) is 0.476. The fourth-order valence-corrected chi connectivity index (χ4v) is 2.43.